The number of carboxylic acids is 2. The van der Waals surface area contributed by atoms with Crippen LogP contribution in [0.3, 0.4) is 0 Å². The Morgan fingerprint density at radius 1 is 0.473 bits per heavy atom. The number of guanidine groups is 2. The number of aromatic hydroxyl groups is 1. The van der Waals surface area contributed by atoms with E-state index in [-0.39, 0.29) is 88.7 Å². The number of carbonyl (C=O) groups is 13. The molecule has 2 aromatic heterocycles. The molecule has 0 aliphatic carbocycles. The molecule has 0 aliphatic rings. The number of fused-ring (bicyclic) bond motifs is 1. The number of phenolic OH excluding ortho intramolecular Hbond substituents is 1. The predicted molar refractivity (Wildman–Crippen MR) is 414 cm³/mol. The van der Waals surface area contributed by atoms with Crippen molar-refractivity contribution in [1.29, 1.82) is 10.8 Å². The van der Waals surface area contributed by atoms with Gasteiger partial charge in [-0.3, -0.25) is 73.1 Å². The number of carbonyl (C=O) groups excluding carboxylic acids is 11. The number of nitrogens with zero attached hydrogens (tertiary/aromatic N) is 1. The Morgan fingerprint density at radius 2 is 0.929 bits per heavy atom. The van der Waals surface area contributed by atoms with Crippen LogP contribution in [0.15, 0.2) is 128 Å². The molecule has 6 aromatic rings. The molecular weight excluding hydrogens is 1470 g/mol. The minimum Gasteiger partial charge on any atom is -0.508 e. The van der Waals surface area contributed by atoms with Gasteiger partial charge in [0, 0.05) is 62.1 Å². The van der Waals surface area contributed by atoms with Crippen molar-refractivity contribution in [3.63, 3.8) is 0 Å². The fraction of sp³-hybridized carbons (Fsp3) is 0.405. The molecule has 602 valence electrons. The molecule has 2 heterocycles. The predicted octanol–water partition coefficient (Wildman–Crippen LogP) is -2.47. The van der Waals surface area contributed by atoms with Crippen molar-refractivity contribution in [1.82, 2.24) is 84.1 Å². The summed E-state index contributed by atoms with van der Waals surface area (Å²) in [5.74, 6) is -14.2. The molecule has 6 rings (SSSR count). The number of phenols is 1. The summed E-state index contributed by atoms with van der Waals surface area (Å²) in [5.41, 5.74) is 20.3. The van der Waals surface area contributed by atoms with Gasteiger partial charge in [-0.1, -0.05) is 105 Å². The summed E-state index contributed by atoms with van der Waals surface area (Å²) in [4.78, 5) is 192. The summed E-state index contributed by atoms with van der Waals surface area (Å²) in [5, 5.41) is 78.7. The Labute approximate surface area is 649 Å². The van der Waals surface area contributed by atoms with Gasteiger partial charge in [-0.15, -0.1) is 0 Å². The zero-order valence-electron chi connectivity index (χ0n) is 62.0. The average molecular weight is 1570 g/mol. The molecule has 4 aromatic carbocycles. The number of benzene rings is 4. The second-order valence-electron chi connectivity index (χ2n) is 26.6. The first kappa shape index (κ1) is 88.3. The largest absolute Gasteiger partial charge is 0.508 e. The van der Waals surface area contributed by atoms with Gasteiger partial charge >= 0.3 is 11.9 Å². The lowest BCUT2D eigenvalue weighted by Crippen LogP contribution is -2.61. The molecule has 26 N–H and O–H groups in total. The van der Waals surface area contributed by atoms with Crippen molar-refractivity contribution in [2.24, 2.45) is 23.1 Å². The minimum atomic E-state index is -2.00. The van der Waals surface area contributed by atoms with Gasteiger partial charge in [-0.2, -0.15) is 11.8 Å². The van der Waals surface area contributed by atoms with Gasteiger partial charge in [-0.25, -0.2) is 4.98 Å². The monoisotopic (exact) mass is 1570 g/mol. The zero-order valence-corrected chi connectivity index (χ0v) is 62.8. The summed E-state index contributed by atoms with van der Waals surface area (Å²) in [6.45, 7) is 1.78. The van der Waals surface area contributed by atoms with Crippen molar-refractivity contribution in [2.45, 2.75) is 145 Å². The molecule has 10 atom stereocenters. The second-order valence-corrected chi connectivity index (χ2v) is 27.6. The highest BCUT2D eigenvalue weighted by molar-refractivity contribution is 7.98. The van der Waals surface area contributed by atoms with Crippen LogP contribution in [-0.2, 0) is 94.4 Å². The number of nitrogens with one attached hydrogen (secondary N) is 17. The van der Waals surface area contributed by atoms with Gasteiger partial charge < -0.3 is 112 Å². The average Bonchev–Trinajstić information content (AvgIpc) is 1.76. The second kappa shape index (κ2) is 45.4. The number of imidazole rings is 1. The van der Waals surface area contributed by atoms with E-state index in [9.17, 15) is 63.3 Å². The summed E-state index contributed by atoms with van der Waals surface area (Å²) >= 11 is 1.37. The van der Waals surface area contributed by atoms with Gasteiger partial charge in [0.15, 0.2) is 11.9 Å². The van der Waals surface area contributed by atoms with Crippen LogP contribution in [0.1, 0.15) is 80.3 Å². The Kier molecular flexibility index (Phi) is 35.8. The van der Waals surface area contributed by atoms with Crippen molar-refractivity contribution >= 4 is 112 Å². The van der Waals surface area contributed by atoms with Crippen LogP contribution in [0.5, 0.6) is 5.75 Å². The third-order valence-corrected chi connectivity index (χ3v) is 18.1. The Morgan fingerprint density at radius 3 is 1.45 bits per heavy atom. The molecule has 37 nitrogen and oxygen atoms in total. The summed E-state index contributed by atoms with van der Waals surface area (Å²) in [7, 11) is 0. The number of aromatic nitrogens is 3. The van der Waals surface area contributed by atoms with Crippen molar-refractivity contribution in [3.05, 3.63) is 156 Å². The van der Waals surface area contributed by atoms with E-state index < -0.39 is 175 Å². The first-order valence-corrected chi connectivity index (χ1v) is 37.4. The van der Waals surface area contributed by atoms with E-state index in [1.807, 2.05) is 0 Å². The first-order chi connectivity index (χ1) is 53.5. The number of para-hydroxylation sites is 1. The minimum absolute atomic E-state index is 0.0122. The normalized spacial score (nSPS) is 13.7. The van der Waals surface area contributed by atoms with Crippen LogP contribution in [-0.4, -0.2) is 218 Å². The molecule has 112 heavy (non-hydrogen) atoms. The van der Waals surface area contributed by atoms with Crippen molar-refractivity contribution in [3.8, 4) is 5.75 Å². The van der Waals surface area contributed by atoms with Gasteiger partial charge in [-0.05, 0) is 96.9 Å². The number of H-pyrrole nitrogens is 2. The first-order valence-electron chi connectivity index (χ1n) is 36.0. The number of aliphatic carboxylic acids is 2. The van der Waals surface area contributed by atoms with Crippen LogP contribution >= 0.6 is 11.8 Å². The molecule has 11 amide bonds. The number of thioether (sulfide) groups is 1. The van der Waals surface area contributed by atoms with Gasteiger partial charge in [0.05, 0.1) is 31.0 Å². The Bertz CT molecular complexity index is 4190. The van der Waals surface area contributed by atoms with Crippen LogP contribution in [0.25, 0.3) is 10.9 Å². The highest BCUT2D eigenvalue weighted by Crippen LogP contribution is 2.21. The highest BCUT2D eigenvalue weighted by atomic mass is 32.2. The Balaban J connectivity index is 1.25. The summed E-state index contributed by atoms with van der Waals surface area (Å²) < 4.78 is 0. The van der Waals surface area contributed by atoms with E-state index in [1.54, 1.807) is 123 Å². The quantitative estimate of drug-likeness (QED) is 0.0107. The molecule has 0 spiro atoms. The van der Waals surface area contributed by atoms with Gasteiger partial charge in [0.2, 0.25) is 65.0 Å². The van der Waals surface area contributed by atoms with Crippen molar-refractivity contribution in [2.75, 3.05) is 38.2 Å². The number of hydrogen-bond donors (Lipinski definition) is 23. The van der Waals surface area contributed by atoms with Crippen LogP contribution < -0.4 is 86.3 Å². The SMILES string of the molecule is CSCC[C@H](NC(=O)[C@@H](NC(=O)[C@@H](N)Cc1ccc(O)cc1)C(C)C)C(=O)NCC(=O)N[C@@H](Cc1c[nH]cn1)C(=O)N[C@@H](Cc1ccccc1)C(=O)N[C@@H](CCCNC(=N)N)C(=O)N[C@@H](Cc1c[nH]c2ccccc12)C(=O)N[C@@H](CC(=O)O)C(=O)N[C@@H](CCCNC(=N)N)C(=O)N[C@H](Cc1ccccc1)C(=O)NCC(=O)O. The van der Waals surface area contributed by atoms with Gasteiger partial charge in [0.1, 0.15) is 66.7 Å². The maximum atomic E-state index is 15.1. The third kappa shape index (κ3) is 30.4. The number of rotatable bonds is 47. The third-order valence-electron chi connectivity index (χ3n) is 17.5. The molecule has 0 saturated carbocycles. The van der Waals surface area contributed by atoms with E-state index in [1.165, 1.54) is 36.4 Å². The molecule has 38 heteroatoms. The summed E-state index contributed by atoms with van der Waals surface area (Å²) in [6, 6.07) is 14.8. The summed E-state index contributed by atoms with van der Waals surface area (Å²) in [6.07, 6.45) is 3.70. The highest BCUT2D eigenvalue weighted by Gasteiger charge is 2.37. The maximum absolute atomic E-state index is 15.1. The molecular formula is C74H99N21O16S. The molecule has 0 unspecified atom stereocenters. The lowest BCUT2D eigenvalue weighted by Gasteiger charge is -2.28. The Hall–Kier alpha value is -12.6. The van der Waals surface area contributed by atoms with Crippen LogP contribution in [0.4, 0.5) is 0 Å². The van der Waals surface area contributed by atoms with Gasteiger partial charge in [0.25, 0.3) is 0 Å². The topological polar surface area (TPSA) is 609 Å². The fourth-order valence-electron chi connectivity index (χ4n) is 11.6. The standard InChI is InChI=1S/C74H99N21O16S/c1-41(2)62(95-63(102)49(75)30-44-22-24-47(96)25-23-44)72(111)90-53(26-29-112-3)64(103)84-38-59(97)87-57(34-46-37-80-40-86-46)70(109)92-55(32-43-16-8-5-9-17-43)68(107)88-52(21-13-28-82-74(78)79)67(106)93-56(33-45-36-83-50-19-11-10-18-48(45)50)69(108)94-58(35-60(98)99)71(110)89-51(20-12-27-81-73(76)77)66(105)91-54(65(104)85-39-61(100)101)31-42-14-6-4-7-15-42/h4-11,14-19,22-25,36-37,40-41,49,51-58,62,83,96H,12-13,20-21,26-35,38-39,75H2,1-3H3,(H,80,86)(H,84,103)(H,85,104)(H,87,97)(H,88,107)(H,89,110)(H,90,111)(H,91,105)(H,92,109)(H,93,106)(H,94,108)(H,95,102)(H,98,99)(H,100,101)(H4,76,77,81)(H4,78,79,82)/t49-,51-,52-,53-,54+,55-,56-,57-,58-,62-/m0/s1. The van der Waals surface area contributed by atoms with Crippen LogP contribution in [0, 0.1) is 16.7 Å². The lowest BCUT2D eigenvalue weighted by atomic mass is 10.0. The van der Waals surface area contributed by atoms with Crippen molar-refractivity contribution < 1.29 is 77.6 Å². The number of carboxylic acid groups (broad SMARTS) is 2. The van der Waals surface area contributed by atoms with E-state index >= 15 is 14.4 Å². The molecule has 0 bridgehead atoms. The van der Waals surface area contributed by atoms with E-state index in [0.29, 0.717) is 38.9 Å². The lowest BCUT2D eigenvalue weighted by molar-refractivity contribution is -0.141. The molecule has 0 aliphatic heterocycles. The molecule has 0 fully saturated rings. The number of amides is 11. The number of hydrogen-bond acceptors (Lipinski definition) is 19. The smallest absolute Gasteiger partial charge is 0.322 e. The van der Waals surface area contributed by atoms with E-state index in [0.717, 1.165) is 0 Å². The molecule has 0 saturated heterocycles. The van der Waals surface area contributed by atoms with E-state index in [4.69, 9.17) is 28.0 Å². The van der Waals surface area contributed by atoms with E-state index in [2.05, 4.69) is 84.1 Å². The van der Waals surface area contributed by atoms with Crippen LogP contribution in [0.2, 0.25) is 0 Å². The molecule has 0 radical (unpaired) electrons. The number of aromatic amines is 2. The number of nitrogens with two attached hydrogens (primary N) is 3. The fourth-order valence-corrected chi connectivity index (χ4v) is 12.1. The maximum Gasteiger partial charge on any atom is 0.322 e. The zero-order chi connectivity index (χ0) is 81.8.